The van der Waals surface area contributed by atoms with E-state index in [1.807, 2.05) is 83.6 Å². The average Bonchev–Trinajstić information content (AvgIpc) is 3.28. The standard InChI is InChI=1S/C25H19N3OS2/c1-17-14-22(31-20-12-13-30-16-20)24-21(29)15-23(27-18-8-4-2-5-9-18)28(25(24)26-17)19-10-6-3-7-11-19/h2-16,27H,1H3. The van der Waals surface area contributed by atoms with Gasteiger partial charge in [-0.2, -0.15) is 11.3 Å². The number of rotatable bonds is 5. The summed E-state index contributed by atoms with van der Waals surface area (Å²) in [6.07, 6.45) is 0. The number of fused-ring (bicyclic) bond motifs is 1. The Morgan fingerprint density at radius 3 is 2.42 bits per heavy atom. The monoisotopic (exact) mass is 441 g/mol. The van der Waals surface area contributed by atoms with Gasteiger partial charge in [-0.05, 0) is 48.7 Å². The lowest BCUT2D eigenvalue weighted by atomic mass is 10.2. The maximum atomic E-state index is 13.3. The first kappa shape index (κ1) is 19.6. The number of para-hydroxylation sites is 2. The zero-order valence-corrected chi connectivity index (χ0v) is 18.4. The van der Waals surface area contributed by atoms with Gasteiger partial charge in [0.1, 0.15) is 5.82 Å². The number of nitrogens with one attached hydrogen (secondary N) is 1. The molecule has 0 aliphatic heterocycles. The van der Waals surface area contributed by atoms with Crippen LogP contribution in [0.1, 0.15) is 5.69 Å². The van der Waals surface area contributed by atoms with Crippen LogP contribution in [-0.4, -0.2) is 9.55 Å². The van der Waals surface area contributed by atoms with Crippen LogP contribution in [0.25, 0.3) is 16.7 Å². The van der Waals surface area contributed by atoms with E-state index in [2.05, 4.69) is 16.8 Å². The lowest BCUT2D eigenvalue weighted by molar-refractivity contribution is 1.04. The first-order valence-corrected chi connectivity index (χ1v) is 11.6. The Morgan fingerprint density at radius 1 is 0.968 bits per heavy atom. The normalized spacial score (nSPS) is 11.0. The molecule has 0 aliphatic carbocycles. The molecule has 0 unspecified atom stereocenters. The summed E-state index contributed by atoms with van der Waals surface area (Å²) in [5.41, 5.74) is 3.31. The van der Waals surface area contributed by atoms with Crippen LogP contribution < -0.4 is 10.7 Å². The molecule has 1 N–H and O–H groups in total. The van der Waals surface area contributed by atoms with Gasteiger partial charge < -0.3 is 5.32 Å². The SMILES string of the molecule is Cc1cc(Sc2ccsc2)c2c(=O)cc(Nc3ccccc3)n(-c3ccccc3)c2n1. The van der Waals surface area contributed by atoms with Crippen molar-refractivity contribution in [2.75, 3.05) is 5.32 Å². The minimum absolute atomic E-state index is 0.0501. The van der Waals surface area contributed by atoms with E-state index in [1.165, 1.54) is 0 Å². The Kier molecular flexibility index (Phi) is 5.32. The highest BCUT2D eigenvalue weighted by Gasteiger charge is 2.17. The fourth-order valence-electron chi connectivity index (χ4n) is 3.51. The van der Waals surface area contributed by atoms with Gasteiger partial charge in [0.15, 0.2) is 11.1 Å². The molecular weight excluding hydrogens is 422 g/mol. The summed E-state index contributed by atoms with van der Waals surface area (Å²) in [5, 5.41) is 8.17. The molecule has 4 nitrogen and oxygen atoms in total. The highest BCUT2D eigenvalue weighted by molar-refractivity contribution is 7.99. The Balaban J connectivity index is 1.79. The van der Waals surface area contributed by atoms with Crippen LogP contribution in [0.2, 0.25) is 0 Å². The lowest BCUT2D eigenvalue weighted by Gasteiger charge is -2.19. The summed E-state index contributed by atoms with van der Waals surface area (Å²) < 4.78 is 2.02. The van der Waals surface area contributed by atoms with Gasteiger partial charge >= 0.3 is 0 Å². The highest BCUT2D eigenvalue weighted by Crippen LogP contribution is 2.35. The highest BCUT2D eigenvalue weighted by atomic mass is 32.2. The van der Waals surface area contributed by atoms with Gasteiger partial charge in [0, 0.05) is 38.3 Å². The van der Waals surface area contributed by atoms with Crippen molar-refractivity contribution in [1.29, 1.82) is 0 Å². The van der Waals surface area contributed by atoms with Gasteiger partial charge in [-0.1, -0.05) is 48.2 Å². The fraction of sp³-hybridized carbons (Fsp3) is 0.0400. The van der Waals surface area contributed by atoms with E-state index in [-0.39, 0.29) is 5.43 Å². The van der Waals surface area contributed by atoms with Crippen LogP contribution in [-0.2, 0) is 0 Å². The van der Waals surface area contributed by atoms with Crippen molar-refractivity contribution < 1.29 is 0 Å². The van der Waals surface area contributed by atoms with Crippen LogP contribution in [0.15, 0.2) is 104 Å². The Morgan fingerprint density at radius 2 is 1.71 bits per heavy atom. The molecule has 0 saturated heterocycles. The number of thiophene rings is 1. The molecule has 31 heavy (non-hydrogen) atoms. The summed E-state index contributed by atoms with van der Waals surface area (Å²) in [6.45, 7) is 1.97. The maximum Gasteiger partial charge on any atom is 0.194 e. The second-order valence-corrected chi connectivity index (χ2v) is 8.97. The third kappa shape index (κ3) is 4.00. The molecule has 3 aromatic heterocycles. The van der Waals surface area contributed by atoms with Crippen LogP contribution in [0, 0.1) is 6.92 Å². The molecule has 0 radical (unpaired) electrons. The van der Waals surface area contributed by atoms with Crippen molar-refractivity contribution in [2.24, 2.45) is 0 Å². The largest absolute Gasteiger partial charge is 0.341 e. The predicted molar refractivity (Wildman–Crippen MR) is 130 cm³/mol. The van der Waals surface area contributed by atoms with Gasteiger partial charge in [0.25, 0.3) is 0 Å². The van der Waals surface area contributed by atoms with Crippen LogP contribution in [0.5, 0.6) is 0 Å². The molecule has 0 amide bonds. The Hall–Kier alpha value is -3.35. The number of aromatic nitrogens is 2. The van der Waals surface area contributed by atoms with E-state index in [0.717, 1.165) is 26.9 Å². The number of benzene rings is 2. The minimum Gasteiger partial charge on any atom is -0.341 e. The molecule has 152 valence electrons. The average molecular weight is 442 g/mol. The molecule has 0 aliphatic rings. The van der Waals surface area contributed by atoms with Crippen molar-refractivity contribution in [2.45, 2.75) is 16.7 Å². The minimum atomic E-state index is -0.0501. The number of hydrogen-bond acceptors (Lipinski definition) is 5. The first-order valence-electron chi connectivity index (χ1n) is 9.84. The van der Waals surface area contributed by atoms with E-state index in [4.69, 9.17) is 4.98 Å². The Labute approximate surface area is 188 Å². The van der Waals surface area contributed by atoms with E-state index < -0.39 is 0 Å². The number of anilines is 2. The van der Waals surface area contributed by atoms with E-state index in [1.54, 1.807) is 29.2 Å². The number of hydrogen-bond donors (Lipinski definition) is 1. The predicted octanol–water partition coefficient (Wildman–Crippen LogP) is 6.65. The molecule has 0 saturated carbocycles. The van der Waals surface area contributed by atoms with Crippen molar-refractivity contribution in [3.05, 3.63) is 106 Å². The molecule has 2 aromatic carbocycles. The van der Waals surface area contributed by atoms with Crippen molar-refractivity contribution in [3.8, 4) is 5.69 Å². The summed E-state index contributed by atoms with van der Waals surface area (Å²) in [7, 11) is 0. The number of pyridine rings is 2. The maximum absolute atomic E-state index is 13.3. The topological polar surface area (TPSA) is 46.9 Å². The Bertz CT molecular complexity index is 1400. The molecule has 3 heterocycles. The molecule has 5 aromatic rings. The number of nitrogens with zero attached hydrogens (tertiary/aromatic N) is 2. The molecule has 0 spiro atoms. The second-order valence-electron chi connectivity index (χ2n) is 7.08. The molecule has 5 rings (SSSR count). The molecule has 0 atom stereocenters. The van der Waals surface area contributed by atoms with E-state index in [9.17, 15) is 4.79 Å². The smallest absolute Gasteiger partial charge is 0.194 e. The van der Waals surface area contributed by atoms with Gasteiger partial charge in [0.2, 0.25) is 0 Å². The van der Waals surface area contributed by atoms with Gasteiger partial charge in [0.05, 0.1) is 5.39 Å². The van der Waals surface area contributed by atoms with Crippen molar-refractivity contribution in [3.63, 3.8) is 0 Å². The zero-order valence-electron chi connectivity index (χ0n) is 16.8. The molecule has 6 heteroatoms. The third-order valence-corrected chi connectivity index (χ3v) is 6.71. The number of aryl methyl sites for hydroxylation is 1. The van der Waals surface area contributed by atoms with Gasteiger partial charge in [-0.15, -0.1) is 0 Å². The third-order valence-electron chi connectivity index (χ3n) is 4.84. The first-order chi connectivity index (χ1) is 15.2. The summed E-state index contributed by atoms with van der Waals surface area (Å²) in [4.78, 5) is 20.2. The van der Waals surface area contributed by atoms with E-state index in [0.29, 0.717) is 16.9 Å². The summed E-state index contributed by atoms with van der Waals surface area (Å²) in [5.74, 6) is 0.680. The molecular formula is C25H19N3OS2. The van der Waals surface area contributed by atoms with E-state index >= 15 is 0 Å². The summed E-state index contributed by atoms with van der Waals surface area (Å²) >= 11 is 3.25. The summed E-state index contributed by atoms with van der Waals surface area (Å²) in [6, 6.07) is 25.6. The second kappa shape index (κ2) is 8.41. The molecule has 0 bridgehead atoms. The molecule has 0 fully saturated rings. The van der Waals surface area contributed by atoms with Gasteiger partial charge in [-0.25, -0.2) is 4.98 Å². The zero-order chi connectivity index (χ0) is 21.2. The fourth-order valence-corrected chi connectivity index (χ4v) is 5.39. The van der Waals surface area contributed by atoms with Crippen LogP contribution >= 0.6 is 23.1 Å². The van der Waals surface area contributed by atoms with Crippen molar-refractivity contribution >= 4 is 45.6 Å². The lowest BCUT2D eigenvalue weighted by Crippen LogP contribution is -2.14. The van der Waals surface area contributed by atoms with Crippen molar-refractivity contribution in [1.82, 2.24) is 9.55 Å². The van der Waals surface area contributed by atoms with Crippen LogP contribution in [0.4, 0.5) is 11.5 Å². The van der Waals surface area contributed by atoms with Gasteiger partial charge in [-0.3, -0.25) is 9.36 Å². The quantitative estimate of drug-likeness (QED) is 0.332. The van der Waals surface area contributed by atoms with Crippen LogP contribution in [0.3, 0.4) is 0 Å².